The van der Waals surface area contributed by atoms with Crippen molar-refractivity contribution in [2.75, 3.05) is 86.7 Å². The van der Waals surface area contributed by atoms with E-state index in [4.69, 9.17) is 4.74 Å². The van der Waals surface area contributed by atoms with E-state index in [1.165, 1.54) is 19.4 Å². The van der Waals surface area contributed by atoms with Crippen LogP contribution in [-0.2, 0) is 9.53 Å². The first kappa shape index (κ1) is 24.4. The number of guanidine groups is 1. The van der Waals surface area contributed by atoms with Gasteiger partial charge < -0.3 is 25.2 Å². The molecule has 1 atom stereocenters. The maximum absolute atomic E-state index is 11.9. The molecule has 2 fully saturated rings. The monoisotopic (exact) mass is 496 g/mol. The zero-order chi connectivity index (χ0) is 18.8. The van der Waals surface area contributed by atoms with Gasteiger partial charge in [-0.2, -0.15) is 0 Å². The highest BCUT2D eigenvalue weighted by molar-refractivity contribution is 14.0. The molecule has 2 N–H and O–H groups in total. The molecule has 8 nitrogen and oxygen atoms in total. The second-order valence-corrected chi connectivity index (χ2v) is 7.30. The molecule has 1 amide bonds. The van der Waals surface area contributed by atoms with Gasteiger partial charge in [0.05, 0.1) is 13.2 Å². The van der Waals surface area contributed by atoms with Crippen LogP contribution >= 0.6 is 24.0 Å². The molecule has 0 aliphatic carbocycles. The highest BCUT2D eigenvalue weighted by Crippen LogP contribution is 2.14. The Hall–Kier alpha value is -0.650. The second kappa shape index (κ2) is 13.5. The van der Waals surface area contributed by atoms with E-state index in [1.54, 1.807) is 7.11 Å². The van der Waals surface area contributed by atoms with Gasteiger partial charge in [-0.05, 0) is 32.4 Å². The molecule has 158 valence electrons. The number of nitrogens with one attached hydrogen (secondary N) is 2. The van der Waals surface area contributed by atoms with Crippen LogP contribution in [0.5, 0.6) is 0 Å². The van der Waals surface area contributed by atoms with Crippen LogP contribution in [0.3, 0.4) is 0 Å². The summed E-state index contributed by atoms with van der Waals surface area (Å²) in [4.78, 5) is 23.3. The molecule has 0 aromatic carbocycles. The summed E-state index contributed by atoms with van der Waals surface area (Å²) >= 11 is 0. The Balaban J connectivity index is 0.00000364. The van der Waals surface area contributed by atoms with Gasteiger partial charge in [-0.3, -0.25) is 14.7 Å². The molecule has 2 heterocycles. The highest BCUT2D eigenvalue weighted by Gasteiger charge is 2.22. The number of piperazine rings is 1. The normalized spacial score (nSPS) is 22.3. The lowest BCUT2D eigenvalue weighted by Gasteiger charge is -2.37. The van der Waals surface area contributed by atoms with Crippen molar-refractivity contribution >= 4 is 35.8 Å². The van der Waals surface area contributed by atoms with Crippen LogP contribution in [0.2, 0.25) is 0 Å². The number of nitrogens with zero attached hydrogens (tertiary/aromatic N) is 4. The van der Waals surface area contributed by atoms with Gasteiger partial charge >= 0.3 is 0 Å². The van der Waals surface area contributed by atoms with Crippen LogP contribution in [0.25, 0.3) is 0 Å². The summed E-state index contributed by atoms with van der Waals surface area (Å²) in [6, 6.07) is 0. The molecule has 2 rings (SSSR count). The third kappa shape index (κ3) is 8.93. The van der Waals surface area contributed by atoms with E-state index in [2.05, 4.69) is 37.4 Å². The first-order chi connectivity index (χ1) is 12.6. The maximum atomic E-state index is 11.9. The van der Waals surface area contributed by atoms with Crippen LogP contribution in [-0.4, -0.2) is 113 Å². The van der Waals surface area contributed by atoms with Gasteiger partial charge in [0.2, 0.25) is 5.91 Å². The molecular formula is C18H37IN6O2. The molecule has 2 saturated heterocycles. The quantitative estimate of drug-likeness (QED) is 0.222. The zero-order valence-electron chi connectivity index (χ0n) is 17.1. The number of halogens is 1. The highest BCUT2D eigenvalue weighted by atomic mass is 127. The predicted molar refractivity (Wildman–Crippen MR) is 120 cm³/mol. The molecular weight excluding hydrogens is 459 g/mol. The molecule has 0 aromatic heterocycles. The largest absolute Gasteiger partial charge is 0.383 e. The lowest BCUT2D eigenvalue weighted by Crippen LogP contribution is -2.54. The minimum absolute atomic E-state index is 0. The number of aliphatic imine (C=N–C) groups is 1. The number of methoxy groups -OCH3 is 1. The number of likely N-dealkylation sites (tertiary alicyclic amines) is 1. The summed E-state index contributed by atoms with van der Waals surface area (Å²) < 4.78 is 4.95. The van der Waals surface area contributed by atoms with Crippen molar-refractivity contribution in [2.45, 2.75) is 12.8 Å². The van der Waals surface area contributed by atoms with Gasteiger partial charge in [-0.1, -0.05) is 0 Å². The molecule has 0 spiro atoms. The number of ether oxygens (including phenoxy) is 1. The molecule has 0 radical (unpaired) electrons. The van der Waals surface area contributed by atoms with Crippen molar-refractivity contribution in [1.29, 1.82) is 0 Å². The first-order valence-corrected chi connectivity index (χ1v) is 9.74. The summed E-state index contributed by atoms with van der Waals surface area (Å²) in [7, 11) is 5.69. The Morgan fingerprint density at radius 1 is 1.19 bits per heavy atom. The number of carbonyl (C=O) groups is 1. The van der Waals surface area contributed by atoms with Crippen molar-refractivity contribution in [3.63, 3.8) is 0 Å². The fraction of sp³-hybridized carbons (Fsp3) is 0.889. The minimum Gasteiger partial charge on any atom is -0.383 e. The summed E-state index contributed by atoms with van der Waals surface area (Å²) in [5.41, 5.74) is 0. The molecule has 27 heavy (non-hydrogen) atoms. The van der Waals surface area contributed by atoms with Crippen molar-refractivity contribution < 1.29 is 9.53 Å². The molecule has 1 unspecified atom stereocenters. The number of hydrogen-bond acceptors (Lipinski definition) is 5. The van der Waals surface area contributed by atoms with E-state index < -0.39 is 0 Å². The van der Waals surface area contributed by atoms with Gasteiger partial charge in [0, 0.05) is 60.0 Å². The van der Waals surface area contributed by atoms with Gasteiger partial charge in [-0.15, -0.1) is 24.0 Å². The fourth-order valence-electron chi connectivity index (χ4n) is 3.68. The van der Waals surface area contributed by atoms with Crippen molar-refractivity contribution in [1.82, 2.24) is 25.3 Å². The van der Waals surface area contributed by atoms with Crippen LogP contribution in [0, 0.1) is 5.92 Å². The van der Waals surface area contributed by atoms with E-state index in [9.17, 15) is 4.79 Å². The summed E-state index contributed by atoms with van der Waals surface area (Å²) in [5.74, 6) is 1.75. The smallest absolute Gasteiger partial charge is 0.234 e. The second-order valence-electron chi connectivity index (χ2n) is 7.30. The van der Waals surface area contributed by atoms with E-state index in [1.807, 2.05) is 7.05 Å². The van der Waals surface area contributed by atoms with Crippen LogP contribution in [0.15, 0.2) is 4.99 Å². The van der Waals surface area contributed by atoms with E-state index in [-0.39, 0.29) is 29.9 Å². The van der Waals surface area contributed by atoms with Crippen LogP contribution < -0.4 is 10.6 Å². The summed E-state index contributed by atoms with van der Waals surface area (Å²) in [6.07, 6.45) is 2.58. The van der Waals surface area contributed by atoms with Gasteiger partial charge in [0.25, 0.3) is 0 Å². The van der Waals surface area contributed by atoms with Gasteiger partial charge in [-0.25, -0.2) is 0 Å². The Kier molecular flexibility index (Phi) is 12.2. The average Bonchev–Trinajstić information content (AvgIpc) is 2.64. The standard InChI is InChI=1S/C18H36N6O2.HI/c1-19-18(21-13-16-5-4-7-22(2)14-16)24-10-8-23(9-11-24)15-17(25)20-6-12-26-3;/h16H,4-15H2,1-3H3,(H,19,21)(H,20,25);1H. The molecule has 0 bridgehead atoms. The van der Waals surface area contributed by atoms with Crippen LogP contribution in [0.1, 0.15) is 12.8 Å². The Labute approximate surface area is 181 Å². The lowest BCUT2D eigenvalue weighted by atomic mass is 9.98. The summed E-state index contributed by atoms with van der Waals surface area (Å²) in [6.45, 7) is 8.50. The number of rotatable bonds is 7. The Morgan fingerprint density at radius 2 is 1.93 bits per heavy atom. The topological polar surface area (TPSA) is 72.4 Å². The Bertz CT molecular complexity index is 457. The minimum atomic E-state index is 0. The third-order valence-electron chi connectivity index (χ3n) is 5.15. The first-order valence-electron chi connectivity index (χ1n) is 9.74. The third-order valence-corrected chi connectivity index (χ3v) is 5.15. The number of carbonyl (C=O) groups excluding carboxylic acids is 1. The fourth-order valence-corrected chi connectivity index (χ4v) is 3.68. The van der Waals surface area contributed by atoms with E-state index >= 15 is 0 Å². The van der Waals surface area contributed by atoms with Crippen molar-refractivity contribution in [2.24, 2.45) is 10.9 Å². The molecule has 2 aliphatic rings. The van der Waals surface area contributed by atoms with Crippen molar-refractivity contribution in [3.05, 3.63) is 0 Å². The summed E-state index contributed by atoms with van der Waals surface area (Å²) in [5, 5.41) is 6.43. The van der Waals surface area contributed by atoms with Gasteiger partial charge in [0.15, 0.2) is 5.96 Å². The van der Waals surface area contributed by atoms with Gasteiger partial charge in [0.1, 0.15) is 0 Å². The number of piperidine rings is 1. The molecule has 0 saturated carbocycles. The Morgan fingerprint density at radius 3 is 2.56 bits per heavy atom. The molecule has 0 aromatic rings. The molecule has 2 aliphatic heterocycles. The predicted octanol–water partition coefficient (Wildman–Crippen LogP) is -0.0982. The van der Waals surface area contributed by atoms with Crippen molar-refractivity contribution in [3.8, 4) is 0 Å². The maximum Gasteiger partial charge on any atom is 0.234 e. The number of hydrogen-bond donors (Lipinski definition) is 2. The van der Waals surface area contributed by atoms with Crippen LogP contribution in [0.4, 0.5) is 0 Å². The lowest BCUT2D eigenvalue weighted by molar-refractivity contribution is -0.122. The SMILES string of the molecule is CN=C(NCC1CCCN(C)C1)N1CCN(CC(=O)NCCOC)CC1.I. The zero-order valence-corrected chi connectivity index (χ0v) is 19.4. The van der Waals surface area contributed by atoms with E-state index in [0.29, 0.717) is 25.6 Å². The van der Waals surface area contributed by atoms with E-state index in [0.717, 1.165) is 45.2 Å². The number of amides is 1. The average molecular weight is 496 g/mol. The molecule has 9 heteroatoms.